The van der Waals surface area contributed by atoms with Crippen LogP contribution < -0.4 is 26.2 Å². The molecule has 0 aromatic heterocycles. The van der Waals surface area contributed by atoms with E-state index in [0.717, 1.165) is 110 Å². The van der Waals surface area contributed by atoms with Crippen LogP contribution in [0.5, 0.6) is 0 Å². The van der Waals surface area contributed by atoms with E-state index >= 15 is 0 Å². The fourth-order valence-electron chi connectivity index (χ4n) is 12.4. The van der Waals surface area contributed by atoms with Gasteiger partial charge in [0.25, 0.3) is 6.71 Å². The standard InChI is InChI=1S/C76H69BBr2Cl2N2/c1-73(2,3)52-26-16-22-47(34-52)60-40-56(78)41-61(48-23-17-27-53(35-48)74(4,5)6)71(60)82-66-44-58(80)30-32-64(66)77-65-33-31-59(81)45-67(65)83(69-39-51(38-68(82)70(69)77)46-20-14-13-15-21-46)72-62(49-24-18-28-54(36-49)75(7,8)9)42-57(79)43-63(72)50-25-19-29-55(37-50)76(10,11)12/h13-45H,1-12H3. The molecule has 2 aliphatic rings. The summed E-state index contributed by atoms with van der Waals surface area (Å²) in [5, 5.41) is 1.32. The zero-order valence-corrected chi connectivity index (χ0v) is 54.2. The van der Waals surface area contributed by atoms with Crippen molar-refractivity contribution >= 4 is 112 Å². The molecule has 0 unspecified atom stereocenters. The Morgan fingerprint density at radius 1 is 0.313 bits per heavy atom. The third kappa shape index (κ3) is 10.6. The predicted molar refractivity (Wildman–Crippen MR) is 368 cm³/mol. The van der Waals surface area contributed by atoms with E-state index in [1.54, 1.807) is 0 Å². The smallest absolute Gasteiger partial charge is 0.252 e. The van der Waals surface area contributed by atoms with Crippen molar-refractivity contribution in [2.45, 2.75) is 105 Å². The van der Waals surface area contributed by atoms with Crippen LogP contribution in [0.15, 0.2) is 209 Å². The van der Waals surface area contributed by atoms with Gasteiger partial charge in [0.05, 0.1) is 11.4 Å². The second-order valence-corrected chi connectivity index (χ2v) is 29.5. The summed E-state index contributed by atoms with van der Waals surface area (Å²) in [5.74, 6) is 0. The molecule has 0 atom stereocenters. The molecule has 0 saturated carbocycles. The molecule has 0 radical (unpaired) electrons. The maximum Gasteiger partial charge on any atom is 0.252 e. The lowest BCUT2D eigenvalue weighted by atomic mass is 9.33. The van der Waals surface area contributed by atoms with Crippen molar-refractivity contribution < 1.29 is 0 Å². The van der Waals surface area contributed by atoms with E-state index in [-0.39, 0.29) is 28.4 Å². The van der Waals surface area contributed by atoms with E-state index in [9.17, 15) is 0 Å². The highest BCUT2D eigenvalue weighted by Gasteiger charge is 2.46. The molecule has 2 nitrogen and oxygen atoms in total. The minimum Gasteiger partial charge on any atom is -0.310 e. The molecule has 10 aromatic rings. The number of nitrogens with zero attached hydrogens (tertiary/aromatic N) is 2. The highest BCUT2D eigenvalue weighted by atomic mass is 79.9. The third-order valence-corrected chi connectivity index (χ3v) is 18.2. The van der Waals surface area contributed by atoms with Gasteiger partial charge in [-0.15, -0.1) is 0 Å². The zero-order valence-electron chi connectivity index (χ0n) is 49.5. The SMILES string of the molecule is CC(C)(C)c1cccc(-c2cc(Br)cc(-c3cccc(C(C)(C)C)c3)c2N2c3cc(Cl)ccc3B3c4ccc(Cl)cc4N(c4c(-c5cccc(C(C)(C)C)c5)cc(Br)cc4-c4cccc(C(C)(C)C)c4)c4cc(-c5ccccc5)cc2c43)c1. The van der Waals surface area contributed by atoms with Crippen molar-refractivity contribution in [3.63, 3.8) is 0 Å². The lowest BCUT2D eigenvalue weighted by Gasteiger charge is -2.46. The molecule has 12 rings (SSSR count). The average Bonchev–Trinajstić information content (AvgIpc) is 0.976. The number of anilines is 6. The largest absolute Gasteiger partial charge is 0.310 e. The van der Waals surface area contributed by atoms with Crippen molar-refractivity contribution in [3.8, 4) is 55.6 Å². The summed E-state index contributed by atoms with van der Waals surface area (Å²) in [5.41, 5.74) is 25.5. The van der Waals surface area contributed by atoms with Crippen LogP contribution in [0.1, 0.15) is 105 Å². The van der Waals surface area contributed by atoms with Gasteiger partial charge in [0.15, 0.2) is 0 Å². The molecule has 0 bridgehead atoms. The normalized spacial score (nSPS) is 13.2. The summed E-state index contributed by atoms with van der Waals surface area (Å²) in [6.07, 6.45) is 0. The molecule has 0 N–H and O–H groups in total. The molecular weight excluding hydrogens is 1180 g/mol. The van der Waals surface area contributed by atoms with Gasteiger partial charge >= 0.3 is 0 Å². The monoisotopic (exact) mass is 1250 g/mol. The molecule has 7 heteroatoms. The van der Waals surface area contributed by atoms with E-state index in [1.165, 1.54) is 27.7 Å². The quantitative estimate of drug-likeness (QED) is 0.147. The molecule has 0 spiro atoms. The van der Waals surface area contributed by atoms with Crippen LogP contribution in [0, 0.1) is 0 Å². The van der Waals surface area contributed by atoms with Gasteiger partial charge in [-0.3, -0.25) is 0 Å². The summed E-state index contributed by atoms with van der Waals surface area (Å²) in [4.78, 5) is 5.13. The van der Waals surface area contributed by atoms with Gasteiger partial charge in [0, 0.05) is 64.0 Å². The fourth-order valence-corrected chi connectivity index (χ4v) is 13.6. The van der Waals surface area contributed by atoms with Gasteiger partial charge in [-0.25, -0.2) is 0 Å². The first kappa shape index (κ1) is 56.9. The number of halogens is 4. The van der Waals surface area contributed by atoms with Crippen LogP contribution in [0.3, 0.4) is 0 Å². The molecule has 414 valence electrons. The van der Waals surface area contributed by atoms with Crippen molar-refractivity contribution in [2.75, 3.05) is 9.80 Å². The van der Waals surface area contributed by atoms with Crippen molar-refractivity contribution in [3.05, 3.63) is 241 Å². The number of benzene rings is 10. The molecule has 2 aliphatic heterocycles. The van der Waals surface area contributed by atoms with Crippen molar-refractivity contribution in [1.82, 2.24) is 0 Å². The van der Waals surface area contributed by atoms with Crippen LogP contribution in [0.4, 0.5) is 34.1 Å². The second-order valence-electron chi connectivity index (χ2n) is 26.8. The minimum atomic E-state index is -0.219. The van der Waals surface area contributed by atoms with Crippen LogP contribution >= 0.6 is 55.1 Å². The molecule has 0 amide bonds. The number of rotatable bonds is 7. The van der Waals surface area contributed by atoms with E-state index in [0.29, 0.717) is 10.0 Å². The third-order valence-electron chi connectivity index (χ3n) is 16.9. The molecule has 0 fully saturated rings. The highest BCUT2D eigenvalue weighted by molar-refractivity contribution is 9.10. The van der Waals surface area contributed by atoms with E-state index in [4.69, 9.17) is 23.2 Å². The molecule has 83 heavy (non-hydrogen) atoms. The van der Waals surface area contributed by atoms with Crippen LogP contribution in [-0.2, 0) is 21.7 Å². The lowest BCUT2D eigenvalue weighted by molar-refractivity contribution is 0.590. The van der Waals surface area contributed by atoms with E-state index < -0.39 is 0 Å². The number of hydrogen-bond donors (Lipinski definition) is 0. The van der Waals surface area contributed by atoms with Gasteiger partial charge in [0.2, 0.25) is 0 Å². The maximum absolute atomic E-state index is 7.40. The first-order chi connectivity index (χ1) is 39.3. The van der Waals surface area contributed by atoms with Crippen LogP contribution in [0.25, 0.3) is 55.6 Å². The van der Waals surface area contributed by atoms with Gasteiger partial charge in [0.1, 0.15) is 0 Å². The summed E-state index contributed by atoms with van der Waals surface area (Å²) >= 11 is 23.1. The fraction of sp³-hybridized carbons (Fsp3) is 0.211. The Kier molecular flexibility index (Phi) is 14.5. The number of fused-ring (bicyclic) bond motifs is 4. The van der Waals surface area contributed by atoms with Gasteiger partial charge in [-0.05, 0) is 154 Å². The van der Waals surface area contributed by atoms with E-state index in [1.807, 2.05) is 0 Å². The molecule has 0 aliphatic carbocycles. The molecule has 0 saturated heterocycles. The highest BCUT2D eigenvalue weighted by Crippen LogP contribution is 2.55. The first-order valence-corrected chi connectivity index (χ1v) is 31.2. The summed E-state index contributed by atoms with van der Waals surface area (Å²) in [7, 11) is 0. The van der Waals surface area contributed by atoms with Gasteiger partial charge < -0.3 is 9.80 Å². The van der Waals surface area contributed by atoms with Crippen molar-refractivity contribution in [1.29, 1.82) is 0 Å². The first-order valence-electron chi connectivity index (χ1n) is 28.8. The Morgan fingerprint density at radius 3 is 0.940 bits per heavy atom. The summed E-state index contributed by atoms with van der Waals surface area (Å²) in [6, 6.07) is 74.7. The second kappa shape index (κ2) is 21.2. The van der Waals surface area contributed by atoms with Crippen LogP contribution in [0.2, 0.25) is 10.0 Å². The van der Waals surface area contributed by atoms with Crippen molar-refractivity contribution in [2.24, 2.45) is 0 Å². The zero-order chi connectivity index (χ0) is 58.7. The lowest BCUT2D eigenvalue weighted by Crippen LogP contribution is -2.61. The summed E-state index contributed by atoms with van der Waals surface area (Å²) < 4.78 is 1.99. The van der Waals surface area contributed by atoms with E-state index in [2.05, 4.69) is 325 Å². The topological polar surface area (TPSA) is 6.48 Å². The van der Waals surface area contributed by atoms with Gasteiger partial charge in [-0.2, -0.15) is 0 Å². The Bertz CT molecular complexity index is 3810. The van der Waals surface area contributed by atoms with Gasteiger partial charge in [-0.1, -0.05) is 278 Å². The summed E-state index contributed by atoms with van der Waals surface area (Å²) in [6.45, 7) is 27.3. The molecule has 10 aromatic carbocycles. The average molecular weight is 1250 g/mol. The Morgan fingerprint density at radius 2 is 0.627 bits per heavy atom. The Balaban J connectivity index is 1.27. The molecular formula is C76H69BBr2Cl2N2. The molecule has 2 heterocycles. The maximum atomic E-state index is 7.40. The number of hydrogen-bond acceptors (Lipinski definition) is 2. The Labute approximate surface area is 519 Å². The minimum absolute atomic E-state index is 0.0970. The Hall–Kier alpha value is -6.60. The predicted octanol–water partition coefficient (Wildman–Crippen LogP) is 22.1. The van der Waals surface area contributed by atoms with Crippen LogP contribution in [-0.4, -0.2) is 6.71 Å².